The number of pyridine rings is 1. The lowest BCUT2D eigenvalue weighted by Crippen LogP contribution is -2.26. The number of imidazole rings is 1. The van der Waals surface area contributed by atoms with Crippen molar-refractivity contribution in [1.29, 1.82) is 0 Å². The Hall–Kier alpha value is -1.68. The molecule has 4 rings (SSSR count). The van der Waals surface area contributed by atoms with Gasteiger partial charge in [0.1, 0.15) is 0 Å². The molecule has 2 fully saturated rings. The molecule has 2 aromatic heterocycles. The fourth-order valence-corrected chi connectivity index (χ4v) is 3.66. The summed E-state index contributed by atoms with van der Waals surface area (Å²) in [6.45, 7) is 6.86. The fraction of sp³-hybridized carbons (Fsp3) is 0.579. The molecule has 0 amide bonds. The lowest BCUT2D eigenvalue weighted by atomic mass is 10.1. The number of hydrogen-bond donors (Lipinski definition) is 0. The molecular weight excluding hydrogens is 284 g/mol. The van der Waals surface area contributed by atoms with Gasteiger partial charge in [0.15, 0.2) is 0 Å². The Morgan fingerprint density at radius 2 is 2.04 bits per heavy atom. The summed E-state index contributed by atoms with van der Waals surface area (Å²) >= 11 is 0. The van der Waals surface area contributed by atoms with E-state index in [-0.39, 0.29) is 0 Å². The van der Waals surface area contributed by atoms with Crippen molar-refractivity contribution in [1.82, 2.24) is 19.4 Å². The number of rotatable bonds is 5. The molecule has 0 N–H and O–H groups in total. The van der Waals surface area contributed by atoms with Crippen molar-refractivity contribution in [2.24, 2.45) is 5.92 Å². The van der Waals surface area contributed by atoms with Crippen molar-refractivity contribution in [3.05, 3.63) is 42.2 Å². The van der Waals surface area contributed by atoms with Crippen molar-refractivity contribution in [2.45, 2.75) is 51.5 Å². The van der Waals surface area contributed by atoms with E-state index in [2.05, 4.69) is 45.4 Å². The predicted molar refractivity (Wildman–Crippen MR) is 91.7 cm³/mol. The van der Waals surface area contributed by atoms with Crippen LogP contribution in [0, 0.1) is 5.92 Å². The average molecular weight is 310 g/mol. The zero-order valence-electron chi connectivity index (χ0n) is 14.2. The van der Waals surface area contributed by atoms with Crippen molar-refractivity contribution >= 4 is 0 Å². The van der Waals surface area contributed by atoms with Crippen molar-refractivity contribution in [3.8, 4) is 5.69 Å². The maximum Gasteiger partial charge on any atom is 0.0995 e. The first-order valence-electron chi connectivity index (χ1n) is 8.95. The minimum Gasteiger partial charge on any atom is -0.300 e. The molecule has 1 aliphatic carbocycles. The summed E-state index contributed by atoms with van der Waals surface area (Å²) in [6.07, 6.45) is 11.4. The molecule has 0 spiro atoms. The topological polar surface area (TPSA) is 34.0 Å². The highest BCUT2D eigenvalue weighted by atomic mass is 15.2. The molecule has 0 radical (unpaired) electrons. The Kier molecular flexibility index (Phi) is 3.93. The first-order chi connectivity index (χ1) is 11.2. The minimum absolute atomic E-state index is 0.468. The number of aromatic nitrogens is 3. The van der Waals surface area contributed by atoms with Crippen LogP contribution in [0.1, 0.15) is 62.9 Å². The van der Waals surface area contributed by atoms with Gasteiger partial charge in [0.25, 0.3) is 0 Å². The molecule has 4 nitrogen and oxygen atoms in total. The monoisotopic (exact) mass is 310 g/mol. The third-order valence-corrected chi connectivity index (χ3v) is 5.20. The van der Waals surface area contributed by atoms with Gasteiger partial charge >= 0.3 is 0 Å². The van der Waals surface area contributed by atoms with Gasteiger partial charge in [-0.3, -0.25) is 9.88 Å². The van der Waals surface area contributed by atoms with Crippen LogP contribution in [0.2, 0.25) is 0 Å². The summed E-state index contributed by atoms with van der Waals surface area (Å²) in [5.74, 6) is 1.41. The van der Waals surface area contributed by atoms with Crippen LogP contribution in [0.15, 0.2) is 30.9 Å². The summed E-state index contributed by atoms with van der Waals surface area (Å²) in [7, 11) is 0. The van der Waals surface area contributed by atoms with E-state index in [1.807, 2.05) is 18.7 Å². The first kappa shape index (κ1) is 14.9. The minimum atomic E-state index is 0.468. The summed E-state index contributed by atoms with van der Waals surface area (Å²) < 4.78 is 2.23. The average Bonchev–Trinajstić information content (AvgIpc) is 3.05. The van der Waals surface area contributed by atoms with Gasteiger partial charge in [-0.15, -0.1) is 0 Å². The second-order valence-corrected chi connectivity index (χ2v) is 7.38. The number of nitrogens with zero attached hydrogens (tertiary/aromatic N) is 4. The highest BCUT2D eigenvalue weighted by Gasteiger charge is 2.33. The van der Waals surface area contributed by atoms with E-state index in [0.29, 0.717) is 12.0 Å². The van der Waals surface area contributed by atoms with Gasteiger partial charge in [-0.05, 0) is 56.2 Å². The first-order valence-corrected chi connectivity index (χ1v) is 8.95. The molecule has 23 heavy (non-hydrogen) atoms. The van der Waals surface area contributed by atoms with Gasteiger partial charge < -0.3 is 4.57 Å². The van der Waals surface area contributed by atoms with Crippen LogP contribution in [-0.4, -0.2) is 32.5 Å². The Labute approximate surface area is 138 Å². The highest BCUT2D eigenvalue weighted by Crippen LogP contribution is 2.38. The highest BCUT2D eigenvalue weighted by molar-refractivity contribution is 5.33. The third-order valence-electron chi connectivity index (χ3n) is 5.20. The van der Waals surface area contributed by atoms with Gasteiger partial charge in [0.05, 0.1) is 36.1 Å². The Bertz CT molecular complexity index is 654. The van der Waals surface area contributed by atoms with Crippen LogP contribution in [0.5, 0.6) is 0 Å². The van der Waals surface area contributed by atoms with Gasteiger partial charge in [0.2, 0.25) is 0 Å². The number of likely N-dealkylation sites (tertiary alicyclic amines) is 1. The van der Waals surface area contributed by atoms with E-state index in [9.17, 15) is 0 Å². The molecule has 122 valence electrons. The maximum atomic E-state index is 4.62. The second-order valence-electron chi connectivity index (χ2n) is 7.38. The van der Waals surface area contributed by atoms with Gasteiger partial charge in [0, 0.05) is 12.2 Å². The lowest BCUT2D eigenvalue weighted by molar-refractivity contribution is 0.241. The molecule has 0 bridgehead atoms. The predicted octanol–water partition coefficient (Wildman–Crippen LogP) is 3.94. The summed E-state index contributed by atoms with van der Waals surface area (Å²) in [5.41, 5.74) is 3.59. The van der Waals surface area contributed by atoms with Crippen molar-refractivity contribution in [3.63, 3.8) is 0 Å². The second kappa shape index (κ2) is 6.08. The smallest absolute Gasteiger partial charge is 0.0995 e. The Morgan fingerprint density at radius 1 is 1.17 bits per heavy atom. The molecule has 2 aromatic rings. The molecule has 4 heteroatoms. The fourth-order valence-electron chi connectivity index (χ4n) is 3.66. The molecule has 3 heterocycles. The zero-order valence-corrected chi connectivity index (χ0v) is 14.2. The van der Waals surface area contributed by atoms with E-state index in [1.165, 1.54) is 44.5 Å². The van der Waals surface area contributed by atoms with E-state index in [4.69, 9.17) is 0 Å². The van der Waals surface area contributed by atoms with E-state index in [1.54, 1.807) is 0 Å². The molecule has 2 aliphatic rings. The van der Waals surface area contributed by atoms with Crippen molar-refractivity contribution in [2.75, 3.05) is 13.1 Å². The van der Waals surface area contributed by atoms with Crippen LogP contribution in [0.4, 0.5) is 0 Å². The standard InChI is InChI=1S/C19H26N4/c1-14(2)17-8-7-16(10-21-17)23-13-20-11-19(23)18-4-3-9-22(18)12-15-5-6-15/h7-8,10-11,13-15,18H,3-6,9,12H2,1-2H3. The van der Waals surface area contributed by atoms with Crippen LogP contribution in [0.25, 0.3) is 5.69 Å². The van der Waals surface area contributed by atoms with E-state index < -0.39 is 0 Å². The Morgan fingerprint density at radius 3 is 2.74 bits per heavy atom. The summed E-state index contributed by atoms with van der Waals surface area (Å²) in [6, 6.07) is 4.83. The molecule has 1 atom stereocenters. The van der Waals surface area contributed by atoms with Gasteiger partial charge in [-0.2, -0.15) is 0 Å². The van der Waals surface area contributed by atoms with Crippen LogP contribution < -0.4 is 0 Å². The van der Waals surface area contributed by atoms with Gasteiger partial charge in [-0.25, -0.2) is 4.98 Å². The molecule has 1 saturated carbocycles. The quantitative estimate of drug-likeness (QED) is 0.839. The van der Waals surface area contributed by atoms with Crippen LogP contribution >= 0.6 is 0 Å². The molecule has 1 unspecified atom stereocenters. The molecular formula is C19H26N4. The lowest BCUT2D eigenvalue weighted by Gasteiger charge is -2.25. The van der Waals surface area contributed by atoms with Crippen molar-refractivity contribution < 1.29 is 0 Å². The van der Waals surface area contributed by atoms with Crippen LogP contribution in [-0.2, 0) is 0 Å². The normalized spacial score (nSPS) is 22.1. The summed E-state index contributed by atoms with van der Waals surface area (Å²) in [4.78, 5) is 11.7. The molecule has 1 aliphatic heterocycles. The largest absolute Gasteiger partial charge is 0.300 e. The molecule has 1 saturated heterocycles. The van der Waals surface area contributed by atoms with Gasteiger partial charge in [-0.1, -0.05) is 13.8 Å². The number of hydrogen-bond acceptors (Lipinski definition) is 3. The SMILES string of the molecule is CC(C)c1ccc(-n2cncc2C2CCCN2CC2CC2)cn1. The zero-order chi connectivity index (χ0) is 15.8. The van der Waals surface area contributed by atoms with Crippen LogP contribution in [0.3, 0.4) is 0 Å². The third kappa shape index (κ3) is 3.05. The van der Waals surface area contributed by atoms with E-state index >= 15 is 0 Å². The van der Waals surface area contributed by atoms with E-state index in [0.717, 1.165) is 17.3 Å². The summed E-state index contributed by atoms with van der Waals surface area (Å²) in [5, 5.41) is 0. The Balaban J connectivity index is 1.59. The maximum absolute atomic E-state index is 4.62. The molecule has 0 aromatic carbocycles.